The second kappa shape index (κ2) is 5.10. The molecule has 0 aromatic carbocycles. The molecule has 18 heavy (non-hydrogen) atoms. The van der Waals surface area contributed by atoms with Crippen molar-refractivity contribution in [1.29, 1.82) is 0 Å². The summed E-state index contributed by atoms with van der Waals surface area (Å²) in [6.07, 6.45) is 7.79. The lowest BCUT2D eigenvalue weighted by Crippen LogP contribution is -2.56. The van der Waals surface area contributed by atoms with Gasteiger partial charge in [0.25, 0.3) is 0 Å². The van der Waals surface area contributed by atoms with Crippen LogP contribution in [0.1, 0.15) is 31.2 Å². The quantitative estimate of drug-likeness (QED) is 0.813. The summed E-state index contributed by atoms with van der Waals surface area (Å²) >= 11 is 0. The van der Waals surface area contributed by atoms with Crippen molar-refractivity contribution in [1.82, 2.24) is 15.1 Å². The molecule has 2 unspecified atom stereocenters. The fourth-order valence-corrected chi connectivity index (χ4v) is 3.12. The van der Waals surface area contributed by atoms with Crippen LogP contribution in [0.3, 0.4) is 0 Å². The number of carbonyl (C=O) groups excluding carboxylic acids is 1. The lowest BCUT2D eigenvalue weighted by molar-refractivity contribution is -0.125. The minimum Gasteiger partial charge on any atom is -0.368 e. The van der Waals surface area contributed by atoms with Crippen LogP contribution >= 0.6 is 0 Å². The predicted molar refractivity (Wildman–Crippen MR) is 69.9 cm³/mol. The number of carbonyl (C=O) groups is 1. The number of likely N-dealkylation sites (N-methyl/N-ethyl adjacent to an activating group) is 1. The molecule has 2 rings (SSSR count). The lowest BCUT2D eigenvalue weighted by Gasteiger charge is -2.32. The molecule has 5 heteroatoms. The van der Waals surface area contributed by atoms with Crippen molar-refractivity contribution in [3.05, 3.63) is 18.0 Å². The topological polar surface area (TPSA) is 72.9 Å². The Kier molecular flexibility index (Phi) is 3.71. The van der Waals surface area contributed by atoms with E-state index in [-0.39, 0.29) is 5.91 Å². The maximum Gasteiger partial charge on any atom is 0.238 e. The largest absolute Gasteiger partial charge is 0.368 e. The second-order valence-electron chi connectivity index (χ2n) is 5.24. The van der Waals surface area contributed by atoms with Gasteiger partial charge in [-0.25, -0.2) is 0 Å². The zero-order chi connectivity index (χ0) is 13.2. The minimum absolute atomic E-state index is 0.218. The molecule has 1 aliphatic rings. The fraction of sp³-hybridized carbons (Fsp3) is 0.692. The van der Waals surface area contributed by atoms with Crippen LogP contribution in [0.4, 0.5) is 0 Å². The van der Waals surface area contributed by atoms with E-state index in [4.69, 9.17) is 5.73 Å². The third-order valence-electron chi connectivity index (χ3n) is 4.18. The zero-order valence-electron chi connectivity index (χ0n) is 11.1. The third-order valence-corrected chi connectivity index (χ3v) is 4.18. The van der Waals surface area contributed by atoms with E-state index >= 15 is 0 Å². The van der Waals surface area contributed by atoms with Crippen molar-refractivity contribution < 1.29 is 4.79 Å². The van der Waals surface area contributed by atoms with Crippen LogP contribution < -0.4 is 11.1 Å². The number of aromatic nitrogens is 2. The van der Waals surface area contributed by atoms with Crippen LogP contribution in [0.25, 0.3) is 0 Å². The molecule has 0 spiro atoms. The Bertz CT molecular complexity index is 428. The van der Waals surface area contributed by atoms with Gasteiger partial charge in [0, 0.05) is 12.7 Å². The normalized spacial score (nSPS) is 27.6. The van der Waals surface area contributed by atoms with Crippen molar-refractivity contribution in [2.75, 3.05) is 7.05 Å². The third kappa shape index (κ3) is 2.27. The fourth-order valence-electron chi connectivity index (χ4n) is 3.12. The van der Waals surface area contributed by atoms with Gasteiger partial charge in [0.1, 0.15) is 5.54 Å². The summed E-state index contributed by atoms with van der Waals surface area (Å²) in [6.45, 7) is 2.87. The SMILES string of the molecule is CNC1(C(N)=O)CCCC1CCn1cc(C)cn1. The van der Waals surface area contributed by atoms with Crippen LogP contribution in [0.2, 0.25) is 0 Å². The maximum absolute atomic E-state index is 11.7. The van der Waals surface area contributed by atoms with Gasteiger partial charge in [-0.05, 0) is 44.7 Å². The highest BCUT2D eigenvalue weighted by Gasteiger charge is 2.46. The summed E-state index contributed by atoms with van der Waals surface area (Å²) in [6, 6.07) is 0. The molecule has 3 N–H and O–H groups in total. The van der Waals surface area contributed by atoms with E-state index in [2.05, 4.69) is 10.4 Å². The van der Waals surface area contributed by atoms with Crippen LogP contribution in [0.5, 0.6) is 0 Å². The molecule has 1 aromatic rings. The van der Waals surface area contributed by atoms with Crippen LogP contribution in [-0.4, -0.2) is 28.3 Å². The number of aryl methyl sites for hydroxylation is 2. The Balaban J connectivity index is 2.01. The van der Waals surface area contributed by atoms with Crippen molar-refractivity contribution in [2.45, 2.75) is 44.7 Å². The molecule has 0 bridgehead atoms. The van der Waals surface area contributed by atoms with E-state index in [1.807, 2.05) is 31.0 Å². The minimum atomic E-state index is -0.512. The van der Waals surface area contributed by atoms with Gasteiger partial charge in [-0.2, -0.15) is 5.10 Å². The Morgan fingerprint density at radius 1 is 1.72 bits per heavy atom. The maximum atomic E-state index is 11.7. The number of hydrogen-bond acceptors (Lipinski definition) is 3. The van der Waals surface area contributed by atoms with Gasteiger partial charge in [0.15, 0.2) is 0 Å². The number of rotatable bonds is 5. The van der Waals surface area contributed by atoms with Gasteiger partial charge in [-0.3, -0.25) is 9.48 Å². The van der Waals surface area contributed by atoms with Crippen LogP contribution in [0, 0.1) is 12.8 Å². The van der Waals surface area contributed by atoms with Gasteiger partial charge in [0.05, 0.1) is 6.20 Å². The van der Waals surface area contributed by atoms with Gasteiger partial charge >= 0.3 is 0 Å². The molecule has 100 valence electrons. The van der Waals surface area contributed by atoms with Crippen molar-refractivity contribution in [3.8, 4) is 0 Å². The summed E-state index contributed by atoms with van der Waals surface area (Å²) < 4.78 is 1.94. The molecule has 1 aromatic heterocycles. The average molecular weight is 250 g/mol. The van der Waals surface area contributed by atoms with E-state index in [9.17, 15) is 4.79 Å². The molecule has 0 saturated heterocycles. The van der Waals surface area contributed by atoms with Gasteiger partial charge in [0.2, 0.25) is 5.91 Å². The average Bonchev–Trinajstić information content (AvgIpc) is 2.92. The number of nitrogens with zero attached hydrogens (tertiary/aromatic N) is 2. The van der Waals surface area contributed by atoms with E-state index in [1.54, 1.807) is 0 Å². The van der Waals surface area contributed by atoms with Gasteiger partial charge < -0.3 is 11.1 Å². The Hall–Kier alpha value is -1.36. The molecule has 1 fully saturated rings. The molecule has 0 aliphatic heterocycles. The lowest BCUT2D eigenvalue weighted by atomic mass is 9.84. The summed E-state index contributed by atoms with van der Waals surface area (Å²) in [4.78, 5) is 11.7. The van der Waals surface area contributed by atoms with Crippen molar-refractivity contribution in [3.63, 3.8) is 0 Å². The Morgan fingerprint density at radius 2 is 2.50 bits per heavy atom. The number of hydrogen-bond donors (Lipinski definition) is 2. The highest BCUT2D eigenvalue weighted by Crippen LogP contribution is 2.37. The highest BCUT2D eigenvalue weighted by molar-refractivity contribution is 5.85. The highest BCUT2D eigenvalue weighted by atomic mass is 16.1. The van der Waals surface area contributed by atoms with E-state index < -0.39 is 5.54 Å². The summed E-state index contributed by atoms with van der Waals surface area (Å²) in [5.41, 5.74) is 6.23. The molecule has 0 radical (unpaired) electrons. The second-order valence-corrected chi connectivity index (χ2v) is 5.24. The van der Waals surface area contributed by atoms with E-state index in [0.717, 1.165) is 37.8 Å². The van der Waals surface area contributed by atoms with E-state index in [1.165, 1.54) is 0 Å². The first-order chi connectivity index (χ1) is 8.58. The van der Waals surface area contributed by atoms with Crippen LogP contribution in [0.15, 0.2) is 12.4 Å². The molecule has 1 heterocycles. The molecular weight excluding hydrogens is 228 g/mol. The first-order valence-electron chi connectivity index (χ1n) is 6.56. The molecule has 2 atom stereocenters. The van der Waals surface area contributed by atoms with Gasteiger partial charge in [-0.1, -0.05) is 6.42 Å². The number of nitrogens with two attached hydrogens (primary N) is 1. The summed E-state index contributed by atoms with van der Waals surface area (Å²) in [5.74, 6) is 0.0913. The molecule has 1 saturated carbocycles. The Labute approximate surface area is 108 Å². The Morgan fingerprint density at radius 3 is 3.06 bits per heavy atom. The molecule has 5 nitrogen and oxygen atoms in total. The number of primary amides is 1. The van der Waals surface area contributed by atoms with Crippen molar-refractivity contribution >= 4 is 5.91 Å². The monoisotopic (exact) mass is 250 g/mol. The smallest absolute Gasteiger partial charge is 0.238 e. The first kappa shape index (κ1) is 13.1. The molecular formula is C13H22N4O. The molecule has 1 aliphatic carbocycles. The standard InChI is InChI=1S/C13H22N4O/c1-10-8-16-17(9-10)7-5-11-4-3-6-13(11,15-2)12(14)18/h8-9,11,15H,3-7H2,1-2H3,(H2,14,18). The van der Waals surface area contributed by atoms with Crippen molar-refractivity contribution in [2.24, 2.45) is 11.7 Å². The predicted octanol–water partition coefficient (Wildman–Crippen LogP) is 0.825. The number of nitrogens with one attached hydrogen (secondary N) is 1. The first-order valence-corrected chi connectivity index (χ1v) is 6.56. The van der Waals surface area contributed by atoms with E-state index in [0.29, 0.717) is 5.92 Å². The zero-order valence-corrected chi connectivity index (χ0v) is 11.1. The molecule has 1 amide bonds. The summed E-state index contributed by atoms with van der Waals surface area (Å²) in [7, 11) is 1.83. The van der Waals surface area contributed by atoms with Crippen LogP contribution in [-0.2, 0) is 11.3 Å². The number of amides is 1. The van der Waals surface area contributed by atoms with Gasteiger partial charge in [-0.15, -0.1) is 0 Å². The summed E-state index contributed by atoms with van der Waals surface area (Å²) in [5, 5.41) is 7.44.